The molecule has 0 aliphatic heterocycles. The van der Waals surface area contributed by atoms with E-state index in [0.29, 0.717) is 29.0 Å². The molecule has 6 heteroatoms. The van der Waals surface area contributed by atoms with Gasteiger partial charge in [0.25, 0.3) is 0 Å². The van der Waals surface area contributed by atoms with Gasteiger partial charge in [-0.15, -0.1) is 13.2 Å². The highest BCUT2D eigenvalue weighted by atomic mass is 19.4. The van der Waals surface area contributed by atoms with E-state index in [1.54, 1.807) is 30.3 Å². The standard InChI is InChI=1S/C21H18F3NO2/c22-21(23,24)27-20-10-16(13-25)9-18(12-20)17-7-4-8-19(11-17)26-14-15-5-2-1-3-6-15/h1-12H,13-14,25H2. The van der Waals surface area contributed by atoms with E-state index < -0.39 is 6.36 Å². The minimum absolute atomic E-state index is 0.103. The van der Waals surface area contributed by atoms with Crippen molar-refractivity contribution in [3.05, 3.63) is 83.9 Å². The number of rotatable bonds is 6. The molecule has 3 aromatic carbocycles. The molecule has 0 amide bonds. The van der Waals surface area contributed by atoms with Crippen molar-refractivity contribution in [1.82, 2.24) is 0 Å². The van der Waals surface area contributed by atoms with Crippen LogP contribution in [0.25, 0.3) is 11.1 Å². The van der Waals surface area contributed by atoms with E-state index in [-0.39, 0.29) is 12.3 Å². The Morgan fingerprint density at radius 2 is 1.48 bits per heavy atom. The molecule has 2 N–H and O–H groups in total. The van der Waals surface area contributed by atoms with Gasteiger partial charge in [-0.2, -0.15) is 0 Å². The summed E-state index contributed by atoms with van der Waals surface area (Å²) in [4.78, 5) is 0. The highest BCUT2D eigenvalue weighted by molar-refractivity contribution is 5.67. The van der Waals surface area contributed by atoms with Gasteiger partial charge in [0.1, 0.15) is 18.1 Å². The molecule has 0 spiro atoms. The fourth-order valence-corrected chi connectivity index (χ4v) is 2.64. The minimum atomic E-state index is -4.76. The Hall–Kier alpha value is -2.99. The van der Waals surface area contributed by atoms with Crippen molar-refractivity contribution in [2.75, 3.05) is 0 Å². The van der Waals surface area contributed by atoms with E-state index in [2.05, 4.69) is 4.74 Å². The van der Waals surface area contributed by atoms with Gasteiger partial charge in [-0.05, 0) is 52.6 Å². The molecule has 0 radical (unpaired) electrons. The van der Waals surface area contributed by atoms with Crippen molar-refractivity contribution in [2.24, 2.45) is 5.73 Å². The zero-order chi connectivity index (χ0) is 19.3. The molecule has 3 nitrogen and oxygen atoms in total. The first-order chi connectivity index (χ1) is 12.9. The van der Waals surface area contributed by atoms with Gasteiger partial charge in [0.2, 0.25) is 0 Å². The molecule has 0 aromatic heterocycles. The molecule has 0 saturated carbocycles. The molecular formula is C21H18F3NO2. The van der Waals surface area contributed by atoms with E-state index in [1.807, 2.05) is 30.3 Å². The summed E-state index contributed by atoms with van der Waals surface area (Å²) in [5.74, 6) is 0.323. The number of hydrogen-bond donors (Lipinski definition) is 1. The molecule has 0 atom stereocenters. The van der Waals surface area contributed by atoms with Crippen LogP contribution in [0.3, 0.4) is 0 Å². The highest BCUT2D eigenvalue weighted by Gasteiger charge is 2.31. The Labute approximate surface area is 155 Å². The summed E-state index contributed by atoms with van der Waals surface area (Å²) < 4.78 is 47.5. The summed E-state index contributed by atoms with van der Waals surface area (Å²) >= 11 is 0. The van der Waals surface area contributed by atoms with Crippen molar-refractivity contribution in [1.29, 1.82) is 0 Å². The van der Waals surface area contributed by atoms with Crippen LogP contribution in [0, 0.1) is 0 Å². The average Bonchev–Trinajstić information content (AvgIpc) is 2.66. The van der Waals surface area contributed by atoms with Crippen LogP contribution in [0.1, 0.15) is 11.1 Å². The molecule has 0 aliphatic rings. The maximum Gasteiger partial charge on any atom is 0.573 e. The summed E-state index contributed by atoms with van der Waals surface area (Å²) in [5.41, 5.74) is 8.46. The quantitative estimate of drug-likeness (QED) is 0.639. The molecular weight excluding hydrogens is 355 g/mol. The molecule has 0 saturated heterocycles. The lowest BCUT2D eigenvalue weighted by atomic mass is 10.0. The van der Waals surface area contributed by atoms with Gasteiger partial charge in [-0.1, -0.05) is 42.5 Å². The Balaban J connectivity index is 1.84. The van der Waals surface area contributed by atoms with Crippen molar-refractivity contribution < 1.29 is 22.6 Å². The number of benzene rings is 3. The molecule has 3 aromatic rings. The number of halogens is 3. The zero-order valence-electron chi connectivity index (χ0n) is 14.4. The SMILES string of the molecule is NCc1cc(OC(F)(F)F)cc(-c2cccc(OCc3ccccc3)c2)c1. The molecule has 0 bridgehead atoms. The van der Waals surface area contributed by atoms with E-state index in [1.165, 1.54) is 12.1 Å². The van der Waals surface area contributed by atoms with E-state index >= 15 is 0 Å². The zero-order valence-corrected chi connectivity index (χ0v) is 14.4. The second kappa shape index (κ2) is 8.14. The van der Waals surface area contributed by atoms with Gasteiger partial charge in [0.05, 0.1) is 0 Å². The molecule has 0 heterocycles. The number of ether oxygens (including phenoxy) is 2. The van der Waals surface area contributed by atoms with Crippen molar-refractivity contribution in [3.63, 3.8) is 0 Å². The van der Waals surface area contributed by atoms with Crippen LogP contribution in [0.15, 0.2) is 72.8 Å². The van der Waals surface area contributed by atoms with Crippen molar-refractivity contribution in [3.8, 4) is 22.6 Å². The summed E-state index contributed by atoms with van der Waals surface area (Å²) in [5, 5.41) is 0. The highest BCUT2D eigenvalue weighted by Crippen LogP contribution is 2.31. The molecule has 0 fully saturated rings. The third-order valence-corrected chi connectivity index (χ3v) is 3.85. The Kier molecular flexibility index (Phi) is 5.66. The second-order valence-corrected chi connectivity index (χ2v) is 5.92. The normalized spacial score (nSPS) is 11.3. The average molecular weight is 373 g/mol. The van der Waals surface area contributed by atoms with Crippen LogP contribution in [0.4, 0.5) is 13.2 Å². The third-order valence-electron chi connectivity index (χ3n) is 3.85. The van der Waals surface area contributed by atoms with Gasteiger partial charge in [0, 0.05) is 6.54 Å². The molecule has 0 aliphatic carbocycles. The maximum absolute atomic E-state index is 12.6. The monoisotopic (exact) mass is 373 g/mol. The van der Waals surface area contributed by atoms with Crippen LogP contribution in [-0.2, 0) is 13.2 Å². The molecule has 0 unspecified atom stereocenters. The Morgan fingerprint density at radius 1 is 0.741 bits per heavy atom. The van der Waals surface area contributed by atoms with Crippen molar-refractivity contribution in [2.45, 2.75) is 19.5 Å². The third kappa shape index (κ3) is 5.49. The van der Waals surface area contributed by atoms with Gasteiger partial charge in [-0.3, -0.25) is 0 Å². The Bertz CT molecular complexity index is 895. The number of hydrogen-bond acceptors (Lipinski definition) is 3. The molecule has 3 rings (SSSR count). The second-order valence-electron chi connectivity index (χ2n) is 5.92. The van der Waals surface area contributed by atoms with E-state index in [9.17, 15) is 13.2 Å². The first kappa shape index (κ1) is 18.8. The molecule has 140 valence electrons. The van der Waals surface area contributed by atoms with Crippen LogP contribution >= 0.6 is 0 Å². The number of nitrogens with two attached hydrogens (primary N) is 1. The minimum Gasteiger partial charge on any atom is -0.489 e. The first-order valence-electron chi connectivity index (χ1n) is 8.30. The first-order valence-corrected chi connectivity index (χ1v) is 8.30. The summed E-state index contributed by atoms with van der Waals surface area (Å²) in [6.45, 7) is 0.502. The van der Waals surface area contributed by atoms with Gasteiger partial charge < -0.3 is 15.2 Å². The maximum atomic E-state index is 12.6. The lowest BCUT2D eigenvalue weighted by molar-refractivity contribution is -0.274. The Morgan fingerprint density at radius 3 is 2.19 bits per heavy atom. The fourth-order valence-electron chi connectivity index (χ4n) is 2.64. The van der Waals surface area contributed by atoms with Gasteiger partial charge in [-0.25, -0.2) is 0 Å². The van der Waals surface area contributed by atoms with Crippen LogP contribution < -0.4 is 15.2 Å². The van der Waals surface area contributed by atoms with Gasteiger partial charge in [0.15, 0.2) is 0 Å². The van der Waals surface area contributed by atoms with Crippen LogP contribution in [0.2, 0.25) is 0 Å². The summed E-state index contributed by atoms with van der Waals surface area (Å²) in [6.07, 6.45) is -4.76. The molecule has 27 heavy (non-hydrogen) atoms. The van der Waals surface area contributed by atoms with Crippen molar-refractivity contribution >= 4 is 0 Å². The number of alkyl halides is 3. The predicted octanol–water partition coefficient (Wildman–Crippen LogP) is 5.29. The largest absolute Gasteiger partial charge is 0.573 e. The lowest BCUT2D eigenvalue weighted by Crippen LogP contribution is -2.17. The van der Waals surface area contributed by atoms with E-state index in [4.69, 9.17) is 10.5 Å². The fraction of sp³-hybridized carbons (Fsp3) is 0.143. The predicted molar refractivity (Wildman–Crippen MR) is 97.2 cm³/mol. The lowest BCUT2D eigenvalue weighted by Gasteiger charge is -2.13. The van der Waals surface area contributed by atoms with Crippen LogP contribution in [-0.4, -0.2) is 6.36 Å². The van der Waals surface area contributed by atoms with Gasteiger partial charge >= 0.3 is 6.36 Å². The van der Waals surface area contributed by atoms with Crippen LogP contribution in [0.5, 0.6) is 11.5 Å². The summed E-state index contributed by atoms with van der Waals surface area (Å²) in [7, 11) is 0. The topological polar surface area (TPSA) is 44.5 Å². The van der Waals surface area contributed by atoms with E-state index in [0.717, 1.165) is 5.56 Å². The summed E-state index contributed by atoms with van der Waals surface area (Å²) in [6, 6.07) is 21.2. The smallest absolute Gasteiger partial charge is 0.489 e.